The van der Waals surface area contributed by atoms with Gasteiger partial charge in [0.05, 0.1) is 15.3 Å². The predicted octanol–water partition coefficient (Wildman–Crippen LogP) is 5.65. The van der Waals surface area contributed by atoms with E-state index in [0.29, 0.717) is 41.7 Å². The highest BCUT2D eigenvalue weighted by molar-refractivity contribution is 7.20. The van der Waals surface area contributed by atoms with Crippen LogP contribution in [0.25, 0.3) is 10.2 Å². The second-order valence-corrected chi connectivity index (χ2v) is 8.15. The molecule has 0 radical (unpaired) electrons. The molecule has 4 nitrogen and oxygen atoms in total. The van der Waals surface area contributed by atoms with Crippen LogP contribution in [0.15, 0.2) is 42.5 Å². The molecule has 0 spiro atoms. The number of carbonyl (C=O) groups excluding carboxylic acids is 1. The number of ether oxygens (including phenoxy) is 1. The second-order valence-electron chi connectivity index (χ2n) is 6.75. The predicted molar refractivity (Wildman–Crippen MR) is 106 cm³/mol. The van der Waals surface area contributed by atoms with Crippen molar-refractivity contribution in [3.63, 3.8) is 0 Å². The molecule has 1 aliphatic rings. The van der Waals surface area contributed by atoms with E-state index >= 15 is 0 Å². The molecule has 0 saturated carbocycles. The Labute approximate surface area is 173 Å². The number of piperidine rings is 1. The Balaban J connectivity index is 1.36. The summed E-state index contributed by atoms with van der Waals surface area (Å²) < 4.78 is 44.9. The lowest BCUT2D eigenvalue weighted by atomic mass is 10.1. The van der Waals surface area contributed by atoms with E-state index in [0.717, 1.165) is 16.8 Å². The zero-order chi connectivity index (χ0) is 20.6. The number of para-hydroxylation sites is 1. The van der Waals surface area contributed by atoms with E-state index in [1.807, 2.05) is 12.1 Å². The van der Waals surface area contributed by atoms with Crippen LogP contribution >= 0.6 is 22.9 Å². The number of thiazole rings is 1. The van der Waals surface area contributed by atoms with Gasteiger partial charge in [0.25, 0.3) is 11.1 Å². The van der Waals surface area contributed by atoms with Crippen molar-refractivity contribution in [2.45, 2.75) is 25.1 Å². The maximum absolute atomic E-state index is 12.7. The SMILES string of the molecule is O=C(c1ccc(C(F)(F)F)cc1)N1CCC(Oc2nc3c(Cl)cccc3s2)CC1. The first-order valence-corrected chi connectivity index (χ1v) is 10.2. The van der Waals surface area contributed by atoms with Gasteiger partial charge in [-0.15, -0.1) is 0 Å². The molecular weight excluding hydrogens is 425 g/mol. The average Bonchev–Trinajstić information content (AvgIpc) is 3.11. The number of nitrogens with zero attached hydrogens (tertiary/aromatic N) is 2. The Morgan fingerprint density at radius 2 is 1.83 bits per heavy atom. The second kappa shape index (κ2) is 7.84. The lowest BCUT2D eigenvalue weighted by molar-refractivity contribution is -0.137. The number of carbonyl (C=O) groups is 1. The highest BCUT2D eigenvalue weighted by Gasteiger charge is 2.31. The minimum absolute atomic E-state index is 0.0778. The molecule has 4 rings (SSSR count). The summed E-state index contributed by atoms with van der Waals surface area (Å²) in [5.41, 5.74) is 0.194. The van der Waals surface area contributed by atoms with Crippen molar-refractivity contribution >= 4 is 39.1 Å². The first-order chi connectivity index (χ1) is 13.8. The molecule has 0 atom stereocenters. The number of hydrogen-bond acceptors (Lipinski definition) is 4. The maximum atomic E-state index is 12.7. The molecule has 1 saturated heterocycles. The summed E-state index contributed by atoms with van der Waals surface area (Å²) >= 11 is 7.56. The number of halogens is 4. The zero-order valence-corrected chi connectivity index (χ0v) is 16.7. The van der Waals surface area contributed by atoms with Gasteiger partial charge in [-0.05, 0) is 36.4 Å². The van der Waals surface area contributed by atoms with Gasteiger partial charge in [0, 0.05) is 31.5 Å². The number of aromatic nitrogens is 1. The molecule has 9 heteroatoms. The van der Waals surface area contributed by atoms with Crippen LogP contribution in [0.4, 0.5) is 13.2 Å². The third-order valence-electron chi connectivity index (χ3n) is 4.81. The van der Waals surface area contributed by atoms with Crippen LogP contribution in [0, 0.1) is 0 Å². The lowest BCUT2D eigenvalue weighted by Gasteiger charge is -2.31. The molecule has 29 heavy (non-hydrogen) atoms. The van der Waals surface area contributed by atoms with Crippen molar-refractivity contribution in [3.05, 3.63) is 58.6 Å². The molecule has 2 aromatic carbocycles. The number of amides is 1. The molecule has 0 unspecified atom stereocenters. The fourth-order valence-electron chi connectivity index (χ4n) is 3.25. The van der Waals surface area contributed by atoms with E-state index < -0.39 is 11.7 Å². The highest BCUT2D eigenvalue weighted by atomic mass is 35.5. The van der Waals surface area contributed by atoms with Crippen molar-refractivity contribution in [1.82, 2.24) is 9.88 Å². The summed E-state index contributed by atoms with van der Waals surface area (Å²) in [4.78, 5) is 18.6. The molecule has 1 aromatic heterocycles. The largest absolute Gasteiger partial charge is 0.467 e. The summed E-state index contributed by atoms with van der Waals surface area (Å²) in [6, 6.07) is 9.87. The maximum Gasteiger partial charge on any atom is 0.416 e. The van der Waals surface area contributed by atoms with Crippen LogP contribution < -0.4 is 4.74 Å². The van der Waals surface area contributed by atoms with Gasteiger partial charge >= 0.3 is 6.18 Å². The molecule has 0 aliphatic carbocycles. The van der Waals surface area contributed by atoms with E-state index in [-0.39, 0.29) is 17.6 Å². The van der Waals surface area contributed by atoms with Crippen molar-refractivity contribution in [3.8, 4) is 5.19 Å². The lowest BCUT2D eigenvalue weighted by Crippen LogP contribution is -2.41. The van der Waals surface area contributed by atoms with Crippen LogP contribution in [-0.2, 0) is 6.18 Å². The van der Waals surface area contributed by atoms with Crippen molar-refractivity contribution < 1.29 is 22.7 Å². The van der Waals surface area contributed by atoms with E-state index in [1.54, 1.807) is 11.0 Å². The molecule has 2 heterocycles. The standard InChI is InChI=1S/C20H16ClF3N2O2S/c21-15-2-1-3-16-17(15)25-19(29-16)28-14-8-10-26(11-9-14)18(27)12-4-6-13(7-5-12)20(22,23)24/h1-7,14H,8-11H2. The highest BCUT2D eigenvalue weighted by Crippen LogP contribution is 2.33. The minimum Gasteiger partial charge on any atom is -0.467 e. The van der Waals surface area contributed by atoms with Gasteiger partial charge < -0.3 is 9.64 Å². The smallest absolute Gasteiger partial charge is 0.416 e. The fraction of sp³-hybridized carbons (Fsp3) is 0.300. The molecule has 3 aromatic rings. The Hall–Kier alpha value is -2.32. The number of likely N-dealkylation sites (tertiary alicyclic amines) is 1. The molecular formula is C20H16ClF3N2O2S. The van der Waals surface area contributed by atoms with Gasteiger partial charge in [-0.2, -0.15) is 13.2 Å². The Bertz CT molecular complexity index is 1030. The Kier molecular flexibility index (Phi) is 5.40. The summed E-state index contributed by atoms with van der Waals surface area (Å²) in [7, 11) is 0. The molecule has 152 valence electrons. The molecule has 0 bridgehead atoms. The number of rotatable bonds is 3. The van der Waals surface area contributed by atoms with Crippen LogP contribution in [0.5, 0.6) is 5.19 Å². The van der Waals surface area contributed by atoms with Crippen LogP contribution in [0.2, 0.25) is 5.02 Å². The topological polar surface area (TPSA) is 42.4 Å². The third-order valence-corrected chi connectivity index (χ3v) is 6.02. The summed E-state index contributed by atoms with van der Waals surface area (Å²) in [6.07, 6.45) is -3.25. The number of benzene rings is 2. The van der Waals surface area contributed by atoms with Crippen molar-refractivity contribution in [1.29, 1.82) is 0 Å². The van der Waals surface area contributed by atoms with E-state index in [9.17, 15) is 18.0 Å². The van der Waals surface area contributed by atoms with Gasteiger partial charge in [0.2, 0.25) is 0 Å². The first kappa shape index (κ1) is 20.0. The Morgan fingerprint density at radius 3 is 2.45 bits per heavy atom. The summed E-state index contributed by atoms with van der Waals surface area (Å²) in [5, 5.41) is 1.12. The molecule has 0 N–H and O–H groups in total. The van der Waals surface area contributed by atoms with Crippen LogP contribution in [0.3, 0.4) is 0 Å². The number of hydrogen-bond donors (Lipinski definition) is 0. The number of alkyl halides is 3. The van der Waals surface area contributed by atoms with Gasteiger partial charge in [0.15, 0.2) is 0 Å². The van der Waals surface area contributed by atoms with Crippen molar-refractivity contribution in [2.75, 3.05) is 13.1 Å². The van der Waals surface area contributed by atoms with Gasteiger partial charge in [-0.3, -0.25) is 4.79 Å². The zero-order valence-electron chi connectivity index (χ0n) is 15.1. The van der Waals surface area contributed by atoms with Crippen molar-refractivity contribution in [2.24, 2.45) is 0 Å². The fourth-order valence-corrected chi connectivity index (χ4v) is 4.43. The summed E-state index contributed by atoms with van der Waals surface area (Å²) in [6.45, 7) is 0.937. The van der Waals surface area contributed by atoms with E-state index in [4.69, 9.17) is 16.3 Å². The minimum atomic E-state index is -4.41. The first-order valence-electron chi connectivity index (χ1n) is 8.99. The number of fused-ring (bicyclic) bond motifs is 1. The molecule has 1 amide bonds. The van der Waals surface area contributed by atoms with Gasteiger partial charge in [-0.25, -0.2) is 4.98 Å². The van der Waals surface area contributed by atoms with Crippen LogP contribution in [0.1, 0.15) is 28.8 Å². The third kappa shape index (κ3) is 4.33. The van der Waals surface area contributed by atoms with E-state index in [1.165, 1.54) is 23.5 Å². The monoisotopic (exact) mass is 440 g/mol. The van der Waals surface area contributed by atoms with E-state index in [2.05, 4.69) is 4.98 Å². The average molecular weight is 441 g/mol. The van der Waals surface area contributed by atoms with Gasteiger partial charge in [0.1, 0.15) is 11.6 Å². The Morgan fingerprint density at radius 1 is 1.14 bits per heavy atom. The van der Waals surface area contributed by atoms with Gasteiger partial charge in [-0.1, -0.05) is 29.0 Å². The normalized spacial score (nSPS) is 15.7. The molecule has 1 aliphatic heterocycles. The van der Waals surface area contributed by atoms with Crippen LogP contribution in [-0.4, -0.2) is 35.0 Å². The summed E-state index contributed by atoms with van der Waals surface area (Å²) in [5.74, 6) is -0.274. The molecule has 1 fully saturated rings. The quantitative estimate of drug-likeness (QED) is 0.528.